The van der Waals surface area contributed by atoms with Crippen LogP contribution in [0, 0.1) is 0 Å². The van der Waals surface area contributed by atoms with Crippen molar-refractivity contribution in [2.45, 2.75) is 81.9 Å². The van der Waals surface area contributed by atoms with Gasteiger partial charge >= 0.3 is 0 Å². The van der Waals surface area contributed by atoms with Gasteiger partial charge in [0.2, 0.25) is 0 Å². The van der Waals surface area contributed by atoms with Crippen LogP contribution < -0.4 is 0 Å². The van der Waals surface area contributed by atoms with E-state index in [2.05, 4.69) is 78.9 Å². The summed E-state index contributed by atoms with van der Waals surface area (Å²) in [7, 11) is -0.179. The molecule has 0 nitrogen and oxygen atoms in total. The summed E-state index contributed by atoms with van der Waals surface area (Å²) in [5.74, 6) is 0. The van der Waals surface area contributed by atoms with Crippen LogP contribution in [0.1, 0.15) is 80.9 Å². The van der Waals surface area contributed by atoms with Crippen molar-refractivity contribution in [2.24, 2.45) is 0 Å². The Morgan fingerprint density at radius 3 is 1.69 bits per heavy atom. The Hall–Kier alpha value is -2.43. The number of hydrogen-bond acceptors (Lipinski definition) is 0. The fourth-order valence-corrected chi connectivity index (χ4v) is 11.7. The monoisotopic (exact) mass is 488 g/mol. The van der Waals surface area contributed by atoms with Gasteiger partial charge in [-0.15, -0.1) is 0 Å². The van der Waals surface area contributed by atoms with Crippen LogP contribution in [-0.4, -0.2) is 11.3 Å². The second-order valence-corrected chi connectivity index (χ2v) is 14.1. The molecule has 0 unspecified atom stereocenters. The molecule has 0 N–H and O–H groups in total. The van der Waals surface area contributed by atoms with Gasteiger partial charge in [0.1, 0.15) is 0 Å². The predicted molar refractivity (Wildman–Crippen MR) is 159 cm³/mol. The molecule has 36 heavy (non-hydrogen) atoms. The van der Waals surface area contributed by atoms with Crippen LogP contribution >= 0.6 is 7.92 Å². The molecular formula is C35H37P. The van der Waals surface area contributed by atoms with Crippen molar-refractivity contribution in [3.05, 3.63) is 95.6 Å². The molecule has 0 aromatic heterocycles. The largest absolute Gasteiger partial charge is 0.0680 e. The van der Waals surface area contributed by atoms with Crippen molar-refractivity contribution in [3.8, 4) is 0 Å². The van der Waals surface area contributed by atoms with Gasteiger partial charge in [0.05, 0.1) is 0 Å². The van der Waals surface area contributed by atoms with Gasteiger partial charge < -0.3 is 0 Å². The molecule has 3 aliphatic carbocycles. The number of hydrogen-bond donors (Lipinski definition) is 0. The smallest absolute Gasteiger partial charge is 0.000664 e. The van der Waals surface area contributed by atoms with E-state index in [1.54, 1.807) is 22.0 Å². The van der Waals surface area contributed by atoms with Crippen LogP contribution in [0.4, 0.5) is 0 Å². The standard InChI is InChI=1S/C35H37P/c1-3-16-28(17-4-1)36(29-18-5-2-6-19-29)35-32-22-12-9-15-27(32)24-33(35)34-30-20-10-7-13-25(30)23-26-14-8-11-21-31(26)34/h7-15,20-23,28-29H,1-6,16-19,24H2. The topological polar surface area (TPSA) is 0 Å². The fraction of sp³-hybridized carbons (Fsp3) is 0.371. The van der Waals surface area contributed by atoms with Crippen LogP contribution in [0.25, 0.3) is 32.4 Å². The van der Waals surface area contributed by atoms with Gasteiger partial charge in [-0.25, -0.2) is 0 Å². The SMILES string of the molecule is c1ccc2c(c1)CC(c1c3ccccc3cc3ccccc13)=C2P(C1CCCCC1)C1CCCCC1. The van der Waals surface area contributed by atoms with E-state index >= 15 is 0 Å². The Labute approximate surface area is 217 Å². The minimum atomic E-state index is -0.179. The average molecular weight is 489 g/mol. The lowest BCUT2D eigenvalue weighted by atomic mass is 9.91. The molecule has 2 saturated carbocycles. The molecule has 0 heterocycles. The van der Waals surface area contributed by atoms with Crippen molar-refractivity contribution in [1.29, 1.82) is 0 Å². The highest BCUT2D eigenvalue weighted by Gasteiger charge is 2.38. The maximum atomic E-state index is 2.48. The Morgan fingerprint density at radius 1 is 0.556 bits per heavy atom. The third kappa shape index (κ3) is 3.94. The maximum Gasteiger partial charge on any atom is -0.000664 e. The van der Waals surface area contributed by atoms with E-state index < -0.39 is 0 Å². The summed E-state index contributed by atoms with van der Waals surface area (Å²) in [6, 6.07) is 30.2. The molecule has 0 saturated heterocycles. The highest BCUT2D eigenvalue weighted by molar-refractivity contribution is 7.70. The van der Waals surface area contributed by atoms with E-state index in [-0.39, 0.29) is 7.92 Å². The first kappa shape index (κ1) is 22.7. The summed E-state index contributed by atoms with van der Waals surface area (Å²) in [5, 5.41) is 7.46. The molecule has 0 amide bonds. The summed E-state index contributed by atoms with van der Waals surface area (Å²) in [5.41, 5.74) is 8.20. The molecule has 0 radical (unpaired) electrons. The Balaban J connectivity index is 1.53. The molecule has 3 aliphatic rings. The van der Waals surface area contributed by atoms with Crippen LogP contribution in [0.15, 0.2) is 78.9 Å². The van der Waals surface area contributed by atoms with E-state index in [0.29, 0.717) is 0 Å². The minimum absolute atomic E-state index is 0.179. The third-order valence-corrected chi connectivity index (χ3v) is 12.8. The van der Waals surface area contributed by atoms with Crippen LogP contribution in [0.2, 0.25) is 0 Å². The molecule has 1 heteroatoms. The van der Waals surface area contributed by atoms with Crippen molar-refractivity contribution in [3.63, 3.8) is 0 Å². The van der Waals surface area contributed by atoms with Crippen LogP contribution in [0.5, 0.6) is 0 Å². The van der Waals surface area contributed by atoms with E-state index in [1.807, 2.05) is 0 Å². The molecule has 4 aromatic rings. The number of allylic oxidation sites excluding steroid dienone is 1. The summed E-state index contributed by atoms with van der Waals surface area (Å²) in [6.07, 6.45) is 15.6. The second kappa shape index (κ2) is 9.79. The van der Waals surface area contributed by atoms with Gasteiger partial charge in [-0.05, 0) is 98.6 Å². The summed E-state index contributed by atoms with van der Waals surface area (Å²) < 4.78 is 0. The molecule has 2 fully saturated rings. The Morgan fingerprint density at radius 2 is 1.08 bits per heavy atom. The lowest BCUT2D eigenvalue weighted by molar-refractivity contribution is 0.487. The first-order chi connectivity index (χ1) is 17.9. The van der Waals surface area contributed by atoms with E-state index in [0.717, 1.165) is 17.7 Å². The highest BCUT2D eigenvalue weighted by Crippen LogP contribution is 2.68. The second-order valence-electron chi connectivity index (χ2n) is 11.3. The normalized spacial score (nSPS) is 19.5. The van der Waals surface area contributed by atoms with Crippen LogP contribution in [0.3, 0.4) is 0 Å². The molecule has 0 spiro atoms. The highest BCUT2D eigenvalue weighted by atomic mass is 31.1. The van der Waals surface area contributed by atoms with Gasteiger partial charge in [0.15, 0.2) is 0 Å². The van der Waals surface area contributed by atoms with Crippen molar-refractivity contribution in [2.75, 3.05) is 0 Å². The summed E-state index contributed by atoms with van der Waals surface area (Å²) in [4.78, 5) is 0. The number of fused-ring (bicyclic) bond motifs is 3. The zero-order valence-electron chi connectivity index (χ0n) is 21.4. The van der Waals surface area contributed by atoms with Gasteiger partial charge in [0, 0.05) is 0 Å². The fourth-order valence-electron chi connectivity index (χ4n) is 7.56. The van der Waals surface area contributed by atoms with Gasteiger partial charge in [-0.1, -0.05) is 119 Å². The average Bonchev–Trinajstić information content (AvgIpc) is 3.32. The quantitative estimate of drug-likeness (QED) is 0.198. The Kier molecular flexibility index (Phi) is 6.19. The van der Waals surface area contributed by atoms with Gasteiger partial charge in [-0.3, -0.25) is 0 Å². The number of rotatable bonds is 4. The molecule has 0 atom stereocenters. The lowest BCUT2D eigenvalue weighted by Gasteiger charge is -2.40. The van der Waals surface area contributed by atoms with E-state index in [4.69, 9.17) is 0 Å². The molecular weight excluding hydrogens is 451 g/mol. The first-order valence-corrected chi connectivity index (χ1v) is 15.9. The third-order valence-electron chi connectivity index (χ3n) is 9.19. The van der Waals surface area contributed by atoms with Crippen molar-refractivity contribution < 1.29 is 0 Å². The zero-order chi connectivity index (χ0) is 23.9. The van der Waals surface area contributed by atoms with Gasteiger partial charge in [-0.2, -0.15) is 0 Å². The zero-order valence-corrected chi connectivity index (χ0v) is 22.3. The van der Waals surface area contributed by atoms with E-state index in [9.17, 15) is 0 Å². The predicted octanol–water partition coefficient (Wildman–Crippen LogP) is 10.6. The maximum absolute atomic E-state index is 2.48. The van der Waals surface area contributed by atoms with Crippen molar-refractivity contribution in [1.82, 2.24) is 0 Å². The number of benzene rings is 4. The van der Waals surface area contributed by atoms with Crippen LogP contribution in [-0.2, 0) is 6.42 Å². The molecule has 0 aliphatic heterocycles. The lowest BCUT2D eigenvalue weighted by Crippen LogP contribution is -2.21. The Bertz CT molecular complexity index is 1360. The molecule has 7 rings (SSSR count). The minimum Gasteiger partial charge on any atom is -0.0680 e. The van der Waals surface area contributed by atoms with Gasteiger partial charge in [0.25, 0.3) is 0 Å². The summed E-state index contributed by atoms with van der Waals surface area (Å²) >= 11 is 0. The first-order valence-electron chi connectivity index (χ1n) is 14.4. The molecule has 0 bridgehead atoms. The van der Waals surface area contributed by atoms with E-state index in [1.165, 1.54) is 91.3 Å². The molecule has 4 aromatic carbocycles. The summed E-state index contributed by atoms with van der Waals surface area (Å²) in [6.45, 7) is 0. The van der Waals surface area contributed by atoms with Crippen molar-refractivity contribution >= 4 is 40.4 Å². The molecule has 182 valence electrons.